The van der Waals surface area contributed by atoms with E-state index in [1.807, 2.05) is 54.6 Å². The van der Waals surface area contributed by atoms with Gasteiger partial charge in [0.05, 0.1) is 19.9 Å². The van der Waals surface area contributed by atoms with Crippen LogP contribution in [0.25, 0.3) is 10.8 Å². The Morgan fingerprint density at radius 1 is 0.450 bits per heavy atom. The van der Waals surface area contributed by atoms with Crippen LogP contribution >= 0.6 is 0 Å². The van der Waals surface area contributed by atoms with Gasteiger partial charge in [-0.15, -0.1) is 0 Å². The summed E-state index contributed by atoms with van der Waals surface area (Å²) >= 11 is 0. The minimum atomic E-state index is 0.808. The fourth-order valence-electron chi connectivity index (χ4n) is 4.95. The van der Waals surface area contributed by atoms with Gasteiger partial charge in [-0.3, -0.25) is 0 Å². The van der Waals surface area contributed by atoms with Gasteiger partial charge in [-0.2, -0.15) is 0 Å². The molecule has 0 unspecified atom stereocenters. The van der Waals surface area contributed by atoms with Crippen LogP contribution in [0.2, 0.25) is 0 Å². The predicted octanol–water partition coefficient (Wildman–Crippen LogP) is 9.60. The molecule has 0 saturated heterocycles. The molecule has 195 valence electrons. The van der Waals surface area contributed by atoms with Gasteiger partial charge in [0.1, 0.15) is 11.5 Å². The van der Waals surface area contributed by atoms with Crippen LogP contribution in [-0.4, -0.2) is 14.2 Å². The van der Waals surface area contributed by atoms with Crippen LogP contribution in [0, 0.1) is 6.07 Å². The lowest BCUT2D eigenvalue weighted by atomic mass is 10.1. The molecule has 0 spiro atoms. The summed E-state index contributed by atoms with van der Waals surface area (Å²) in [4.78, 5) is 4.44. The maximum absolute atomic E-state index is 5.53. The summed E-state index contributed by atoms with van der Waals surface area (Å²) in [5.74, 6) is 1.62. The average Bonchev–Trinajstić information content (AvgIpc) is 3.02. The first-order valence-corrected chi connectivity index (χ1v) is 13.2. The van der Waals surface area contributed by atoms with Crippen molar-refractivity contribution in [1.82, 2.24) is 0 Å². The van der Waals surface area contributed by atoms with Gasteiger partial charge < -0.3 is 19.3 Å². The van der Waals surface area contributed by atoms with Crippen molar-refractivity contribution in [2.45, 2.75) is 0 Å². The Morgan fingerprint density at radius 3 is 1.57 bits per heavy atom. The first-order valence-electron chi connectivity index (χ1n) is 13.2. The van der Waals surface area contributed by atoms with Gasteiger partial charge >= 0.3 is 0 Å². The second-order valence-corrected chi connectivity index (χ2v) is 9.36. The molecule has 6 aromatic rings. The lowest BCUT2D eigenvalue weighted by Crippen LogP contribution is -2.11. The summed E-state index contributed by atoms with van der Waals surface area (Å²) in [6, 6.07) is 51.4. The normalized spacial score (nSPS) is 10.8. The molecule has 1 radical (unpaired) electrons. The number of rotatable bonds is 8. The molecule has 0 atom stereocenters. The number of ether oxygens (including phenoxy) is 2. The molecule has 0 aliphatic heterocycles. The van der Waals surface area contributed by atoms with E-state index in [-0.39, 0.29) is 0 Å². The van der Waals surface area contributed by atoms with Crippen molar-refractivity contribution in [2.24, 2.45) is 0 Å². The molecule has 0 aliphatic rings. The second-order valence-electron chi connectivity index (χ2n) is 9.36. The monoisotopic (exact) mass is 521 g/mol. The second kappa shape index (κ2) is 11.3. The van der Waals surface area contributed by atoms with Crippen LogP contribution < -0.4 is 19.3 Å². The quantitative estimate of drug-likeness (QED) is 0.199. The molecular formula is C36H29N2O2. The van der Waals surface area contributed by atoms with Crippen molar-refractivity contribution < 1.29 is 9.47 Å². The summed E-state index contributed by atoms with van der Waals surface area (Å²) in [5, 5.41) is 2.13. The van der Waals surface area contributed by atoms with Crippen LogP contribution in [0.15, 0.2) is 140 Å². The Labute approximate surface area is 235 Å². The fraction of sp³-hybridized carbons (Fsp3) is 0.0556. The van der Waals surface area contributed by atoms with E-state index in [1.165, 1.54) is 0 Å². The summed E-state index contributed by atoms with van der Waals surface area (Å²) < 4.78 is 11.0. The van der Waals surface area contributed by atoms with Gasteiger partial charge in [0.25, 0.3) is 0 Å². The van der Waals surface area contributed by atoms with Crippen LogP contribution in [0.5, 0.6) is 11.5 Å². The highest BCUT2D eigenvalue weighted by Crippen LogP contribution is 2.40. The Kier molecular flexibility index (Phi) is 7.06. The zero-order valence-electron chi connectivity index (χ0n) is 22.5. The number of nitrogens with zero attached hydrogens (tertiary/aromatic N) is 2. The standard InChI is InChI=1S/C36H29N2O2/c1-39-35-17-9-15-31(25-35)37(29-11-5-3-6-12-29)33-21-19-28-24-34(22-20-27(28)23-33)38(30-13-7-4-8-14-30)32-16-10-18-36(26-32)40-2/h3-23,25-26H,1-2H3. The van der Waals surface area contributed by atoms with Gasteiger partial charge in [0.2, 0.25) is 0 Å². The maximum Gasteiger partial charge on any atom is 0.120 e. The van der Waals surface area contributed by atoms with E-state index >= 15 is 0 Å². The molecule has 6 rings (SSSR count). The SMILES string of the molecule is COc1cccc(N(c2[c]c3ccc(N(c4ccccc4)c4cccc(OC)c4)cc3cc2)c2ccccc2)c1. The summed E-state index contributed by atoms with van der Waals surface area (Å²) in [7, 11) is 3.38. The number of anilines is 6. The minimum Gasteiger partial charge on any atom is -0.497 e. The zero-order chi connectivity index (χ0) is 27.3. The van der Waals surface area contributed by atoms with Crippen LogP contribution in [0.4, 0.5) is 34.1 Å². The number of methoxy groups -OCH3 is 2. The van der Waals surface area contributed by atoms with Crippen molar-refractivity contribution >= 4 is 44.9 Å². The number of benzene rings is 6. The van der Waals surface area contributed by atoms with Crippen LogP contribution in [0.3, 0.4) is 0 Å². The van der Waals surface area contributed by atoms with Crippen molar-refractivity contribution in [1.29, 1.82) is 0 Å². The molecule has 0 fully saturated rings. The molecule has 4 nitrogen and oxygen atoms in total. The number of para-hydroxylation sites is 2. The molecule has 0 aromatic heterocycles. The number of fused-ring (bicyclic) bond motifs is 1. The third-order valence-electron chi connectivity index (χ3n) is 6.87. The van der Waals surface area contributed by atoms with Crippen molar-refractivity contribution in [2.75, 3.05) is 24.0 Å². The largest absolute Gasteiger partial charge is 0.497 e. The van der Waals surface area contributed by atoms with Crippen molar-refractivity contribution in [3.8, 4) is 11.5 Å². The van der Waals surface area contributed by atoms with Gasteiger partial charge in [0.15, 0.2) is 0 Å². The van der Waals surface area contributed by atoms with Gasteiger partial charge in [0, 0.05) is 46.6 Å². The zero-order valence-corrected chi connectivity index (χ0v) is 22.5. The highest BCUT2D eigenvalue weighted by atomic mass is 16.5. The summed E-state index contributed by atoms with van der Waals surface area (Å²) in [5.41, 5.74) is 6.17. The first kappa shape index (κ1) is 25.1. The smallest absolute Gasteiger partial charge is 0.120 e. The van der Waals surface area contributed by atoms with Crippen LogP contribution in [0.1, 0.15) is 0 Å². The molecule has 0 saturated carbocycles. The highest BCUT2D eigenvalue weighted by Gasteiger charge is 2.16. The molecule has 0 N–H and O–H groups in total. The minimum absolute atomic E-state index is 0.808. The van der Waals surface area contributed by atoms with E-state index < -0.39 is 0 Å². The lowest BCUT2D eigenvalue weighted by Gasteiger charge is -2.27. The third kappa shape index (κ3) is 5.07. The average molecular weight is 522 g/mol. The molecule has 0 heterocycles. The maximum atomic E-state index is 5.53. The van der Waals surface area contributed by atoms with Crippen LogP contribution in [-0.2, 0) is 0 Å². The number of hydrogen-bond donors (Lipinski definition) is 0. The van der Waals surface area contributed by atoms with E-state index in [2.05, 4.69) is 101 Å². The highest BCUT2D eigenvalue weighted by molar-refractivity contribution is 5.92. The summed E-state index contributed by atoms with van der Waals surface area (Å²) in [6.07, 6.45) is 0. The van der Waals surface area contributed by atoms with E-state index in [1.54, 1.807) is 14.2 Å². The van der Waals surface area contributed by atoms with E-state index in [9.17, 15) is 0 Å². The number of hydrogen-bond acceptors (Lipinski definition) is 4. The molecule has 40 heavy (non-hydrogen) atoms. The van der Waals surface area contributed by atoms with E-state index in [0.717, 1.165) is 56.4 Å². The Balaban J connectivity index is 1.44. The van der Waals surface area contributed by atoms with E-state index in [4.69, 9.17) is 9.47 Å². The van der Waals surface area contributed by atoms with Gasteiger partial charge in [-0.1, -0.05) is 60.7 Å². The van der Waals surface area contributed by atoms with Crippen molar-refractivity contribution in [3.63, 3.8) is 0 Å². The first-order chi connectivity index (χ1) is 19.7. The van der Waals surface area contributed by atoms with Crippen molar-refractivity contribution in [3.05, 3.63) is 146 Å². The van der Waals surface area contributed by atoms with E-state index in [0.29, 0.717) is 0 Å². The lowest BCUT2D eigenvalue weighted by molar-refractivity contribution is 0.415. The Hall–Kier alpha value is -5.22. The van der Waals surface area contributed by atoms with Gasteiger partial charge in [-0.05, 0) is 77.5 Å². The molecular weight excluding hydrogens is 492 g/mol. The molecule has 0 bridgehead atoms. The summed E-state index contributed by atoms with van der Waals surface area (Å²) in [6.45, 7) is 0. The third-order valence-corrected chi connectivity index (χ3v) is 6.87. The predicted molar refractivity (Wildman–Crippen MR) is 165 cm³/mol. The Bertz CT molecular complexity index is 1600. The molecule has 4 heteroatoms. The molecule has 0 aliphatic carbocycles. The topological polar surface area (TPSA) is 24.9 Å². The fourth-order valence-corrected chi connectivity index (χ4v) is 4.95. The van der Waals surface area contributed by atoms with Gasteiger partial charge in [-0.25, -0.2) is 0 Å². The molecule has 0 amide bonds. The Morgan fingerprint density at radius 2 is 0.975 bits per heavy atom. The molecule has 6 aromatic carbocycles.